The SMILES string of the molecule is C=C[C@H]1CCCCN1CC/C=N/O. The molecule has 0 bridgehead atoms. The molecule has 1 heterocycles. The Hall–Kier alpha value is -0.830. The van der Waals surface area contributed by atoms with Gasteiger partial charge in [0.25, 0.3) is 0 Å². The summed E-state index contributed by atoms with van der Waals surface area (Å²) in [7, 11) is 0. The van der Waals surface area contributed by atoms with E-state index in [-0.39, 0.29) is 0 Å². The van der Waals surface area contributed by atoms with Gasteiger partial charge < -0.3 is 5.21 Å². The first-order valence-electron chi connectivity index (χ1n) is 4.91. The zero-order valence-electron chi connectivity index (χ0n) is 8.02. The fourth-order valence-corrected chi connectivity index (χ4v) is 1.84. The second-order valence-electron chi connectivity index (χ2n) is 3.42. The van der Waals surface area contributed by atoms with Crippen LogP contribution in [0.1, 0.15) is 25.7 Å². The van der Waals surface area contributed by atoms with Gasteiger partial charge in [0.15, 0.2) is 0 Å². The van der Waals surface area contributed by atoms with Crippen molar-refractivity contribution >= 4 is 6.21 Å². The van der Waals surface area contributed by atoms with E-state index in [1.54, 1.807) is 6.21 Å². The standard InChI is InChI=1S/C10H18N2O/c1-2-10-6-3-4-8-12(10)9-5-7-11-13/h2,7,10,13H,1,3-6,8-9H2/b11-7+/t10-/m0/s1. The smallest absolute Gasteiger partial charge is 0.0448 e. The van der Waals surface area contributed by atoms with Gasteiger partial charge in [0, 0.05) is 18.8 Å². The van der Waals surface area contributed by atoms with Gasteiger partial charge in [-0.05, 0) is 25.8 Å². The van der Waals surface area contributed by atoms with Gasteiger partial charge in [-0.25, -0.2) is 0 Å². The lowest BCUT2D eigenvalue weighted by atomic mass is 10.0. The Morgan fingerprint density at radius 3 is 3.08 bits per heavy atom. The predicted octanol–water partition coefficient (Wildman–Crippen LogP) is 1.88. The Bertz CT molecular complexity index is 180. The van der Waals surface area contributed by atoms with Crippen molar-refractivity contribution < 1.29 is 5.21 Å². The van der Waals surface area contributed by atoms with Gasteiger partial charge in [-0.15, -0.1) is 11.7 Å². The highest BCUT2D eigenvalue weighted by atomic mass is 16.4. The minimum atomic E-state index is 0.529. The third kappa shape index (κ3) is 3.19. The van der Waals surface area contributed by atoms with E-state index in [9.17, 15) is 0 Å². The third-order valence-corrected chi connectivity index (χ3v) is 2.56. The van der Waals surface area contributed by atoms with Crippen LogP contribution < -0.4 is 0 Å². The Balaban J connectivity index is 2.31. The van der Waals surface area contributed by atoms with Gasteiger partial charge in [0.1, 0.15) is 0 Å². The first-order chi connectivity index (χ1) is 6.38. The Kier molecular flexibility index (Phi) is 4.54. The van der Waals surface area contributed by atoms with E-state index in [2.05, 4.69) is 16.6 Å². The molecule has 1 aliphatic rings. The summed E-state index contributed by atoms with van der Waals surface area (Å²) < 4.78 is 0. The number of hydrogen-bond acceptors (Lipinski definition) is 3. The highest BCUT2D eigenvalue weighted by molar-refractivity contribution is 5.56. The Morgan fingerprint density at radius 1 is 1.54 bits per heavy atom. The van der Waals surface area contributed by atoms with Crippen molar-refractivity contribution in [2.24, 2.45) is 5.16 Å². The molecule has 1 N–H and O–H groups in total. The molecule has 74 valence electrons. The molecule has 3 heteroatoms. The Morgan fingerprint density at radius 2 is 2.38 bits per heavy atom. The molecule has 0 saturated carbocycles. The summed E-state index contributed by atoms with van der Waals surface area (Å²) in [5, 5.41) is 11.2. The predicted molar refractivity (Wildman–Crippen MR) is 54.3 cm³/mol. The lowest BCUT2D eigenvalue weighted by Crippen LogP contribution is -2.38. The maximum absolute atomic E-state index is 8.25. The first kappa shape index (κ1) is 10.3. The molecule has 13 heavy (non-hydrogen) atoms. The van der Waals surface area contributed by atoms with Crippen molar-refractivity contribution in [3.8, 4) is 0 Å². The van der Waals surface area contributed by atoms with E-state index in [1.807, 2.05) is 6.08 Å². The molecule has 1 rings (SSSR count). The monoisotopic (exact) mass is 182 g/mol. The van der Waals surface area contributed by atoms with Crippen molar-refractivity contribution in [1.29, 1.82) is 0 Å². The number of hydrogen-bond donors (Lipinski definition) is 1. The van der Waals surface area contributed by atoms with E-state index in [0.717, 1.165) is 19.5 Å². The number of nitrogens with zero attached hydrogens (tertiary/aromatic N) is 2. The minimum absolute atomic E-state index is 0.529. The second-order valence-corrected chi connectivity index (χ2v) is 3.42. The highest BCUT2D eigenvalue weighted by Crippen LogP contribution is 2.17. The van der Waals surface area contributed by atoms with Crippen LogP contribution in [0.15, 0.2) is 17.8 Å². The molecule has 0 aromatic rings. The van der Waals surface area contributed by atoms with Crippen LogP contribution in [-0.2, 0) is 0 Å². The summed E-state index contributed by atoms with van der Waals surface area (Å²) >= 11 is 0. The quantitative estimate of drug-likeness (QED) is 0.312. The zero-order valence-corrected chi connectivity index (χ0v) is 8.02. The van der Waals surface area contributed by atoms with E-state index in [1.165, 1.54) is 19.3 Å². The second kappa shape index (κ2) is 5.75. The number of oxime groups is 1. The molecule has 0 aliphatic carbocycles. The van der Waals surface area contributed by atoms with Gasteiger partial charge in [-0.2, -0.15) is 0 Å². The van der Waals surface area contributed by atoms with Crippen LogP contribution in [0.3, 0.4) is 0 Å². The molecule has 0 radical (unpaired) electrons. The minimum Gasteiger partial charge on any atom is -0.411 e. The molecule has 0 aromatic carbocycles. The zero-order chi connectivity index (χ0) is 9.52. The summed E-state index contributed by atoms with van der Waals surface area (Å²) in [5.74, 6) is 0. The summed E-state index contributed by atoms with van der Waals surface area (Å²) in [5.41, 5.74) is 0. The maximum Gasteiger partial charge on any atom is 0.0448 e. The molecule has 3 nitrogen and oxygen atoms in total. The average Bonchev–Trinajstić information content (AvgIpc) is 2.19. The number of rotatable bonds is 4. The van der Waals surface area contributed by atoms with Crippen LogP contribution in [0, 0.1) is 0 Å². The van der Waals surface area contributed by atoms with Crippen molar-refractivity contribution in [2.45, 2.75) is 31.7 Å². The van der Waals surface area contributed by atoms with Gasteiger partial charge in [-0.1, -0.05) is 12.5 Å². The average molecular weight is 182 g/mol. The van der Waals surface area contributed by atoms with Crippen LogP contribution in [0.25, 0.3) is 0 Å². The summed E-state index contributed by atoms with van der Waals surface area (Å²) in [4.78, 5) is 2.40. The molecular formula is C10H18N2O. The van der Waals surface area contributed by atoms with Crippen LogP contribution in [0.5, 0.6) is 0 Å². The van der Waals surface area contributed by atoms with Crippen LogP contribution in [0.4, 0.5) is 0 Å². The van der Waals surface area contributed by atoms with Crippen molar-refractivity contribution in [2.75, 3.05) is 13.1 Å². The lowest BCUT2D eigenvalue weighted by molar-refractivity contribution is 0.185. The molecule has 1 aliphatic heterocycles. The molecule has 1 atom stereocenters. The van der Waals surface area contributed by atoms with Crippen molar-refractivity contribution in [3.63, 3.8) is 0 Å². The largest absolute Gasteiger partial charge is 0.411 e. The van der Waals surface area contributed by atoms with E-state index < -0.39 is 0 Å². The molecule has 0 spiro atoms. The van der Waals surface area contributed by atoms with E-state index in [0.29, 0.717) is 6.04 Å². The van der Waals surface area contributed by atoms with E-state index >= 15 is 0 Å². The van der Waals surface area contributed by atoms with E-state index in [4.69, 9.17) is 5.21 Å². The number of piperidine rings is 1. The lowest BCUT2D eigenvalue weighted by Gasteiger charge is -2.33. The van der Waals surface area contributed by atoms with Gasteiger partial charge in [-0.3, -0.25) is 4.90 Å². The first-order valence-corrected chi connectivity index (χ1v) is 4.91. The van der Waals surface area contributed by atoms with Crippen LogP contribution >= 0.6 is 0 Å². The van der Waals surface area contributed by atoms with Gasteiger partial charge in [0.05, 0.1) is 0 Å². The Labute approximate surface area is 79.7 Å². The fraction of sp³-hybridized carbons (Fsp3) is 0.700. The van der Waals surface area contributed by atoms with Gasteiger partial charge >= 0.3 is 0 Å². The maximum atomic E-state index is 8.25. The summed E-state index contributed by atoms with van der Waals surface area (Å²) in [6.07, 6.45) is 8.20. The molecule has 0 aromatic heterocycles. The van der Waals surface area contributed by atoms with Crippen molar-refractivity contribution in [1.82, 2.24) is 4.90 Å². The topological polar surface area (TPSA) is 35.8 Å². The third-order valence-electron chi connectivity index (χ3n) is 2.56. The number of likely N-dealkylation sites (tertiary alicyclic amines) is 1. The van der Waals surface area contributed by atoms with Crippen LogP contribution in [-0.4, -0.2) is 35.5 Å². The molecule has 0 amide bonds. The summed E-state index contributed by atoms with van der Waals surface area (Å²) in [6.45, 7) is 5.96. The summed E-state index contributed by atoms with van der Waals surface area (Å²) in [6, 6.07) is 0.529. The molecule has 0 unspecified atom stereocenters. The normalized spacial score (nSPS) is 25.1. The fourth-order valence-electron chi connectivity index (χ4n) is 1.84. The molecule has 1 fully saturated rings. The highest BCUT2D eigenvalue weighted by Gasteiger charge is 2.18. The molecule has 1 saturated heterocycles. The molecular weight excluding hydrogens is 164 g/mol. The van der Waals surface area contributed by atoms with Gasteiger partial charge in [0.2, 0.25) is 0 Å². The van der Waals surface area contributed by atoms with Crippen LogP contribution in [0.2, 0.25) is 0 Å². The van der Waals surface area contributed by atoms with Crippen molar-refractivity contribution in [3.05, 3.63) is 12.7 Å².